The van der Waals surface area contributed by atoms with E-state index in [0.717, 1.165) is 16.2 Å². The minimum atomic E-state index is -4.61. The molecule has 1 aromatic heterocycles. The number of halogens is 3. The van der Waals surface area contributed by atoms with Gasteiger partial charge in [0.15, 0.2) is 0 Å². The van der Waals surface area contributed by atoms with Crippen molar-refractivity contribution in [3.8, 4) is 5.75 Å². The Balaban J connectivity index is 1.73. The average molecular weight is 414 g/mol. The van der Waals surface area contributed by atoms with Gasteiger partial charge in [0.2, 0.25) is 5.91 Å². The van der Waals surface area contributed by atoms with E-state index in [1.165, 1.54) is 4.90 Å². The molecule has 2 heterocycles. The summed E-state index contributed by atoms with van der Waals surface area (Å²) in [5.74, 6) is -0.0181. The Morgan fingerprint density at radius 3 is 2.43 bits per heavy atom. The standard InChI is InChI=1S/C22H17F3N2O3/c23-22(24,25)16-10-11-20(28)26(12-16)13-21(29)27-17-8-4-5-9-19(17)30-14-18(27)15-6-2-1-3-7-15/h1-12,18H,13-14H2. The molecule has 1 amide bonds. The number of nitrogens with zero attached hydrogens (tertiary/aromatic N) is 2. The molecule has 0 bridgehead atoms. The van der Waals surface area contributed by atoms with Gasteiger partial charge in [-0.1, -0.05) is 42.5 Å². The molecule has 0 saturated heterocycles. The normalized spacial score (nSPS) is 16.0. The summed E-state index contributed by atoms with van der Waals surface area (Å²) in [6, 6.07) is 17.2. The van der Waals surface area contributed by atoms with Crippen LogP contribution in [0.25, 0.3) is 0 Å². The van der Waals surface area contributed by atoms with E-state index in [9.17, 15) is 22.8 Å². The van der Waals surface area contributed by atoms with Crippen LogP contribution in [0.15, 0.2) is 77.7 Å². The summed E-state index contributed by atoms with van der Waals surface area (Å²) >= 11 is 0. The second-order valence-electron chi connectivity index (χ2n) is 6.85. The molecule has 1 aliphatic heterocycles. The molecule has 3 aromatic rings. The summed E-state index contributed by atoms with van der Waals surface area (Å²) < 4.78 is 45.7. The Labute approximate surface area is 169 Å². The number of amides is 1. The van der Waals surface area contributed by atoms with Crippen LogP contribution in [0.4, 0.5) is 18.9 Å². The highest BCUT2D eigenvalue weighted by Crippen LogP contribution is 2.39. The van der Waals surface area contributed by atoms with Gasteiger partial charge < -0.3 is 9.30 Å². The van der Waals surface area contributed by atoms with E-state index in [2.05, 4.69) is 0 Å². The average Bonchev–Trinajstić information content (AvgIpc) is 2.74. The monoisotopic (exact) mass is 414 g/mol. The van der Waals surface area contributed by atoms with E-state index in [4.69, 9.17) is 4.74 Å². The van der Waals surface area contributed by atoms with Crippen molar-refractivity contribution in [1.82, 2.24) is 4.57 Å². The molecule has 0 spiro atoms. The fourth-order valence-electron chi connectivity index (χ4n) is 3.46. The summed E-state index contributed by atoms with van der Waals surface area (Å²) in [7, 11) is 0. The van der Waals surface area contributed by atoms with Crippen LogP contribution in [0, 0.1) is 0 Å². The van der Waals surface area contributed by atoms with Crippen LogP contribution < -0.4 is 15.2 Å². The molecule has 1 atom stereocenters. The quantitative estimate of drug-likeness (QED) is 0.650. The molecular weight excluding hydrogens is 397 g/mol. The molecule has 154 valence electrons. The first-order valence-corrected chi connectivity index (χ1v) is 9.21. The molecule has 0 radical (unpaired) electrons. The van der Waals surface area contributed by atoms with Gasteiger partial charge in [-0.25, -0.2) is 0 Å². The molecule has 0 fully saturated rings. The zero-order valence-electron chi connectivity index (χ0n) is 15.7. The number of para-hydroxylation sites is 2. The zero-order chi connectivity index (χ0) is 21.3. The van der Waals surface area contributed by atoms with Crippen molar-refractivity contribution in [2.24, 2.45) is 0 Å². The molecule has 0 saturated carbocycles. The maximum absolute atomic E-state index is 13.3. The Bertz CT molecular complexity index is 1130. The summed E-state index contributed by atoms with van der Waals surface area (Å²) in [6.07, 6.45) is -3.94. The number of carbonyl (C=O) groups is 1. The van der Waals surface area contributed by atoms with Crippen molar-refractivity contribution in [2.75, 3.05) is 11.5 Å². The third kappa shape index (κ3) is 3.80. The zero-order valence-corrected chi connectivity index (χ0v) is 15.7. The van der Waals surface area contributed by atoms with Crippen molar-refractivity contribution < 1.29 is 22.7 Å². The first-order valence-electron chi connectivity index (χ1n) is 9.21. The van der Waals surface area contributed by atoms with Crippen LogP contribution in [0.1, 0.15) is 17.2 Å². The number of pyridine rings is 1. The second-order valence-corrected chi connectivity index (χ2v) is 6.85. The minimum absolute atomic E-state index is 0.185. The molecule has 30 heavy (non-hydrogen) atoms. The van der Waals surface area contributed by atoms with Crippen molar-refractivity contribution in [2.45, 2.75) is 18.8 Å². The Morgan fingerprint density at radius 2 is 1.70 bits per heavy atom. The number of hydrogen-bond donors (Lipinski definition) is 0. The highest BCUT2D eigenvalue weighted by molar-refractivity contribution is 5.96. The van der Waals surface area contributed by atoms with Gasteiger partial charge in [0.1, 0.15) is 18.9 Å². The number of alkyl halides is 3. The number of hydrogen-bond acceptors (Lipinski definition) is 3. The van der Waals surface area contributed by atoms with Crippen LogP contribution in [-0.4, -0.2) is 17.1 Å². The Morgan fingerprint density at radius 1 is 1.00 bits per heavy atom. The maximum atomic E-state index is 13.3. The van der Waals surface area contributed by atoms with E-state index in [1.807, 2.05) is 30.3 Å². The number of benzene rings is 2. The smallest absolute Gasteiger partial charge is 0.417 e. The number of ether oxygens (including phenoxy) is 1. The largest absolute Gasteiger partial charge is 0.489 e. The third-order valence-corrected chi connectivity index (χ3v) is 4.90. The number of aromatic nitrogens is 1. The number of carbonyl (C=O) groups excluding carboxylic acids is 1. The molecule has 1 unspecified atom stereocenters. The van der Waals surface area contributed by atoms with Crippen LogP contribution >= 0.6 is 0 Å². The fraction of sp³-hybridized carbons (Fsp3) is 0.182. The molecule has 8 heteroatoms. The molecule has 0 aliphatic carbocycles. The van der Waals surface area contributed by atoms with Gasteiger partial charge in [0.25, 0.3) is 5.56 Å². The van der Waals surface area contributed by atoms with Crippen LogP contribution in [0.5, 0.6) is 5.75 Å². The molecule has 5 nitrogen and oxygen atoms in total. The van der Waals surface area contributed by atoms with Gasteiger partial charge in [-0.05, 0) is 23.8 Å². The summed E-state index contributed by atoms with van der Waals surface area (Å²) in [6.45, 7) is -0.343. The molecule has 0 N–H and O–H groups in total. The topological polar surface area (TPSA) is 51.5 Å². The summed E-state index contributed by atoms with van der Waals surface area (Å²) in [5, 5.41) is 0. The van der Waals surface area contributed by atoms with Gasteiger partial charge in [0, 0.05) is 12.3 Å². The van der Waals surface area contributed by atoms with Crippen molar-refractivity contribution >= 4 is 11.6 Å². The first-order chi connectivity index (χ1) is 14.3. The lowest BCUT2D eigenvalue weighted by atomic mass is 10.0. The van der Waals surface area contributed by atoms with E-state index in [-0.39, 0.29) is 6.61 Å². The lowest BCUT2D eigenvalue weighted by Crippen LogP contribution is -2.43. The molecular formula is C22H17F3N2O3. The highest BCUT2D eigenvalue weighted by atomic mass is 19.4. The number of rotatable bonds is 3. The van der Waals surface area contributed by atoms with E-state index < -0.39 is 35.8 Å². The summed E-state index contributed by atoms with van der Waals surface area (Å²) in [5.41, 5.74) is -0.356. The van der Waals surface area contributed by atoms with E-state index >= 15 is 0 Å². The Kier molecular flexibility index (Phi) is 5.07. The van der Waals surface area contributed by atoms with E-state index in [1.54, 1.807) is 24.3 Å². The lowest BCUT2D eigenvalue weighted by Gasteiger charge is -2.37. The predicted octanol–water partition coefficient (Wildman–Crippen LogP) is 4.03. The van der Waals surface area contributed by atoms with Crippen LogP contribution in [-0.2, 0) is 17.5 Å². The third-order valence-electron chi connectivity index (χ3n) is 4.90. The predicted molar refractivity (Wildman–Crippen MR) is 104 cm³/mol. The maximum Gasteiger partial charge on any atom is 0.417 e. The van der Waals surface area contributed by atoms with Gasteiger partial charge in [-0.2, -0.15) is 13.2 Å². The highest BCUT2D eigenvalue weighted by Gasteiger charge is 2.34. The fourth-order valence-corrected chi connectivity index (χ4v) is 3.46. The molecule has 4 rings (SSSR count). The van der Waals surface area contributed by atoms with Crippen LogP contribution in [0.3, 0.4) is 0 Å². The van der Waals surface area contributed by atoms with E-state index in [0.29, 0.717) is 23.7 Å². The van der Waals surface area contributed by atoms with Crippen molar-refractivity contribution in [3.63, 3.8) is 0 Å². The first kappa shape index (κ1) is 19.8. The SMILES string of the molecule is O=C(Cn1cc(C(F)(F)F)ccc1=O)N1c2ccccc2OCC1c1ccccc1. The van der Waals surface area contributed by atoms with Gasteiger partial charge in [0.05, 0.1) is 17.3 Å². The minimum Gasteiger partial charge on any atom is -0.489 e. The number of anilines is 1. The van der Waals surface area contributed by atoms with Gasteiger partial charge in [-0.15, -0.1) is 0 Å². The lowest BCUT2D eigenvalue weighted by molar-refractivity contribution is -0.138. The molecule has 1 aliphatic rings. The van der Waals surface area contributed by atoms with Crippen molar-refractivity contribution in [3.05, 3.63) is 94.4 Å². The second kappa shape index (κ2) is 7.70. The Hall–Kier alpha value is -3.55. The summed E-state index contributed by atoms with van der Waals surface area (Å²) in [4.78, 5) is 26.9. The van der Waals surface area contributed by atoms with Crippen LogP contribution in [0.2, 0.25) is 0 Å². The number of fused-ring (bicyclic) bond motifs is 1. The molecule has 2 aromatic carbocycles. The van der Waals surface area contributed by atoms with Crippen molar-refractivity contribution in [1.29, 1.82) is 0 Å². The van der Waals surface area contributed by atoms with Gasteiger partial charge >= 0.3 is 6.18 Å². The van der Waals surface area contributed by atoms with Gasteiger partial charge in [-0.3, -0.25) is 14.5 Å².